The summed E-state index contributed by atoms with van der Waals surface area (Å²) < 4.78 is 42.1. The molecule has 0 heterocycles. The minimum Gasteiger partial charge on any atom is -0.672 e. The average Bonchev–Trinajstić information content (AvgIpc) is 2.53. The van der Waals surface area contributed by atoms with Gasteiger partial charge >= 0.3 is 0 Å². The van der Waals surface area contributed by atoms with Gasteiger partial charge in [0.25, 0.3) is 0 Å². The van der Waals surface area contributed by atoms with Crippen molar-refractivity contribution in [2.75, 3.05) is 226 Å². The van der Waals surface area contributed by atoms with Crippen LogP contribution in [0.3, 0.4) is 0 Å². The molecule has 56 heavy (non-hydrogen) atoms. The van der Waals surface area contributed by atoms with Crippen LogP contribution in [0.1, 0.15) is 0 Å². The summed E-state index contributed by atoms with van der Waals surface area (Å²) in [7, 11) is 53.5. The smallest absolute Gasteiger partial charge is 0.0675 e. The molecule has 0 spiro atoms. The van der Waals surface area contributed by atoms with Gasteiger partial charge in [-0.3, -0.25) is 0 Å². The number of hydrogen-bond donors (Lipinski definition) is 0. The van der Waals surface area contributed by atoms with E-state index in [-0.39, 0.29) is 0 Å². The molecule has 0 radical (unpaired) electrons. The molecule has 0 atom stereocenters. The highest BCUT2D eigenvalue weighted by Crippen LogP contribution is 1.76. The van der Waals surface area contributed by atoms with Crippen LogP contribution in [0.15, 0.2) is 0 Å². The van der Waals surface area contributed by atoms with Crippen molar-refractivity contribution in [2.45, 2.75) is 0 Å². The van der Waals surface area contributed by atoms with E-state index in [0.29, 0.717) is 0 Å². The van der Waals surface area contributed by atoms with Crippen LogP contribution in [-0.4, -0.2) is 298 Å². The minimum atomic E-state index is -3.63. The van der Waals surface area contributed by atoms with Crippen molar-refractivity contribution in [3.05, 3.63) is 0 Å². The van der Waals surface area contributed by atoms with E-state index < -0.39 is 36.7 Å². The Morgan fingerprint density at radius 1 is 0.179 bits per heavy atom. The first kappa shape index (κ1) is 86.1. The minimum absolute atomic E-state index is 1.00. The summed E-state index contributed by atoms with van der Waals surface area (Å²) in [4.78, 5) is 68.1. The van der Waals surface area contributed by atoms with Gasteiger partial charge in [-0.05, 0) is 0 Å². The predicted molar refractivity (Wildman–Crippen MR) is 217 cm³/mol. The molecule has 0 aliphatic rings. The van der Waals surface area contributed by atoms with Crippen molar-refractivity contribution in [3.63, 3.8) is 0 Å². The first-order valence-corrected chi connectivity index (χ1v) is 21.7. The number of nitrogens with zero attached hydrogens (tertiary/aromatic N) is 8. The second-order valence-electron chi connectivity index (χ2n) is 22.5. The van der Waals surface area contributed by atoms with E-state index in [1.54, 1.807) is 0 Å². The molecule has 0 N–H and O–H groups in total. The summed E-state index contributed by atoms with van der Waals surface area (Å²) in [6.45, 7) is 0. The third kappa shape index (κ3) is 39800. The van der Waals surface area contributed by atoms with E-state index >= 15 is 0 Å². The molecule has 0 saturated heterocycles. The Kier molecular flexibility index (Phi) is 65.7. The van der Waals surface area contributed by atoms with Crippen molar-refractivity contribution in [3.8, 4) is 0 Å². The molecule has 0 aromatic carbocycles. The molecule has 0 rings (SSSR count). The molecule has 0 aliphatic carbocycles. The largest absolute Gasteiger partial charge is 0.672 e. The lowest BCUT2D eigenvalue weighted by Gasteiger charge is -2.14. The van der Waals surface area contributed by atoms with Gasteiger partial charge in [0, 0.05) is 36.7 Å². The fourth-order valence-electron chi connectivity index (χ4n) is 0. The highest BCUT2D eigenvalue weighted by molar-refractivity contribution is 6.18. The molecule has 0 aromatic heterocycles. The molecule has 20 nitrogen and oxygen atoms in total. The maximum atomic E-state index is 8.52. The second kappa shape index (κ2) is 42.7. The van der Waals surface area contributed by atoms with Crippen LogP contribution >= 0.6 is 0 Å². The van der Waals surface area contributed by atoms with E-state index in [4.69, 9.17) is 56.2 Å². The van der Waals surface area contributed by atoms with Gasteiger partial charge in [0.2, 0.25) is 0 Å². The van der Waals surface area contributed by atoms with Crippen LogP contribution in [0.25, 0.3) is 0 Å². The lowest BCUT2D eigenvalue weighted by atomic mass is 10.8. The second-order valence-corrected chi connectivity index (χ2v) is 24.5. The predicted octanol–water partition coefficient (Wildman–Crippen LogP) is -8.93. The van der Waals surface area contributed by atoms with Crippen LogP contribution in [0.5, 0.6) is 0 Å². The van der Waals surface area contributed by atoms with Gasteiger partial charge in [0.15, 0.2) is 0 Å². The lowest BCUT2D eigenvalue weighted by Crippen LogP contribution is -2.34. The summed E-state index contributed by atoms with van der Waals surface area (Å²) in [6.07, 6.45) is 0. The Morgan fingerprint density at radius 2 is 0.179 bits per heavy atom. The van der Waals surface area contributed by atoms with Crippen molar-refractivity contribution in [2.24, 2.45) is 0 Å². The Balaban J connectivity index is -0.0000000378. The topological polar surface area (TPSA) is 253 Å². The van der Waals surface area contributed by atoms with Crippen LogP contribution in [0.2, 0.25) is 0 Å². The van der Waals surface area contributed by atoms with Crippen LogP contribution < -0.4 is 38.4 Å². The van der Waals surface area contributed by atoms with E-state index in [2.05, 4.69) is 226 Å². The lowest BCUT2D eigenvalue weighted by molar-refractivity contribution is -0.849. The molecule has 352 valence electrons. The fraction of sp³-hybridized carbons (Fsp3) is 1.00. The van der Waals surface area contributed by atoms with Crippen molar-refractivity contribution >= 4 is 36.7 Å². The number of hydrogen-bond acceptors (Lipinski definition) is 12. The van der Waals surface area contributed by atoms with Gasteiger partial charge in [0.05, 0.1) is 226 Å². The van der Waals surface area contributed by atoms with Crippen molar-refractivity contribution in [1.82, 2.24) is 0 Å². The van der Waals surface area contributed by atoms with Gasteiger partial charge in [-0.25, -0.2) is 0 Å². The molecule has 24 heteroatoms. The average molecular weight is 898 g/mol. The van der Waals surface area contributed by atoms with Crippen LogP contribution in [-0.2, 0) is 17.8 Å². The number of quaternary nitrogens is 8. The monoisotopic (exact) mass is 897 g/mol. The zero-order valence-electron chi connectivity index (χ0n) is 42.5. The van der Waals surface area contributed by atoms with Crippen LogP contribution in [0, 0.1) is 0 Å². The molecule has 0 aromatic rings. The molecule has 0 unspecified atom stereocenters. The molecular weight excluding hydrogens is 801 g/mol. The van der Waals surface area contributed by atoms with E-state index in [1.165, 1.54) is 0 Å². The van der Waals surface area contributed by atoms with E-state index in [9.17, 15) is 0 Å². The first-order chi connectivity index (χ1) is 22.9. The summed E-state index contributed by atoms with van der Waals surface area (Å²) in [5.41, 5.74) is 0. The summed E-state index contributed by atoms with van der Waals surface area (Å²) in [5.74, 6) is 0. The van der Waals surface area contributed by atoms with E-state index in [1.807, 2.05) is 0 Å². The Labute approximate surface area is 353 Å². The Morgan fingerprint density at radius 3 is 0.179 bits per heavy atom. The Bertz CT molecular complexity index is 631. The normalized spacial score (nSPS) is 10.3. The van der Waals surface area contributed by atoms with Gasteiger partial charge in [-0.2, -0.15) is 0 Å². The first-order valence-electron chi connectivity index (χ1n) is 16.8. The van der Waals surface area contributed by atoms with Gasteiger partial charge in [-0.1, -0.05) is 0 Å². The quantitative estimate of drug-likeness (QED) is 0.162. The molecule has 0 saturated carbocycles. The highest BCUT2D eigenvalue weighted by Gasteiger charge is 1.91. The summed E-state index contributed by atoms with van der Waals surface area (Å²) >= 11 is 0. The maximum Gasteiger partial charge on any atom is 0.0675 e. The third-order valence-electron chi connectivity index (χ3n) is 0. The molecule has 0 amide bonds. The van der Waals surface area contributed by atoms with Gasteiger partial charge < -0.3 is 92.1 Å². The number of rotatable bonds is 0. The zero-order chi connectivity index (χ0) is 50.3. The highest BCUT2D eigenvalue weighted by atomic mass is 28.3. The van der Waals surface area contributed by atoms with E-state index in [0.717, 1.165) is 35.9 Å². The fourth-order valence-corrected chi connectivity index (χ4v) is 0. The SMILES string of the molecule is C[N+](C)(C)C.C[N+](C)(C)C.C[N+](C)(C)C.C[N+](C)(C)C.C[N+](C)(C)C.C[N+](C)(C)C.C[N+](C)(C)C.C[N+](C)(C)C.O=[Si]([O-])[O-].O=[Si]([O-])[O-].O=[Si]([O-])[O-].O=[Si]([O-])[O-]. The maximum absolute atomic E-state index is 8.52. The van der Waals surface area contributed by atoms with Crippen molar-refractivity contribution < 1.29 is 92.1 Å². The van der Waals surface area contributed by atoms with Gasteiger partial charge in [0.1, 0.15) is 0 Å². The third-order valence-corrected chi connectivity index (χ3v) is 0. The summed E-state index contributed by atoms with van der Waals surface area (Å²) in [5, 5.41) is 0. The summed E-state index contributed by atoms with van der Waals surface area (Å²) in [6, 6.07) is 0. The molecular formula is C32H96N8O12Si4. The standard InChI is InChI=1S/8C4H12N.4O3Si/c8*1-5(2,3)4;4*1-4(2)3/h8*1-4H3;;;;/q8*+1;4*-2. The Hall–Kier alpha value is -1.85. The molecule has 0 aliphatic heterocycles. The zero-order valence-corrected chi connectivity index (χ0v) is 46.5. The molecule has 0 bridgehead atoms. The van der Waals surface area contributed by atoms with Crippen molar-refractivity contribution in [1.29, 1.82) is 0 Å². The van der Waals surface area contributed by atoms with Crippen LogP contribution in [0.4, 0.5) is 0 Å². The van der Waals surface area contributed by atoms with Gasteiger partial charge in [-0.15, -0.1) is 0 Å². The molecule has 0 fully saturated rings.